The van der Waals surface area contributed by atoms with E-state index < -0.39 is 0 Å². The van der Waals surface area contributed by atoms with Crippen molar-refractivity contribution in [1.82, 2.24) is 14.9 Å². The minimum absolute atomic E-state index is 0.104. The van der Waals surface area contributed by atoms with E-state index in [9.17, 15) is 4.79 Å². The minimum Gasteiger partial charge on any atom is -0.351 e. The highest BCUT2D eigenvalue weighted by molar-refractivity contribution is 7.80. The van der Waals surface area contributed by atoms with Crippen molar-refractivity contribution < 1.29 is 4.79 Å². The van der Waals surface area contributed by atoms with Crippen molar-refractivity contribution in [3.8, 4) is 5.69 Å². The first-order valence-electron chi connectivity index (χ1n) is 12.1. The van der Waals surface area contributed by atoms with Gasteiger partial charge in [-0.1, -0.05) is 36.4 Å². The summed E-state index contributed by atoms with van der Waals surface area (Å²) in [7, 11) is 0. The van der Waals surface area contributed by atoms with Gasteiger partial charge in [0.25, 0.3) is 0 Å². The van der Waals surface area contributed by atoms with Gasteiger partial charge < -0.3 is 20.1 Å². The third-order valence-corrected chi connectivity index (χ3v) is 6.97. The Morgan fingerprint density at radius 3 is 2.41 bits per heavy atom. The van der Waals surface area contributed by atoms with Gasteiger partial charge in [-0.3, -0.25) is 9.78 Å². The van der Waals surface area contributed by atoms with Crippen LogP contribution in [0.2, 0.25) is 0 Å². The molecule has 2 N–H and O–H groups in total. The third-order valence-electron chi connectivity index (χ3n) is 6.66. The van der Waals surface area contributed by atoms with Gasteiger partial charge in [0.05, 0.1) is 11.7 Å². The van der Waals surface area contributed by atoms with Gasteiger partial charge in [-0.25, -0.2) is 0 Å². The second-order valence-electron chi connectivity index (χ2n) is 9.06. The Bertz CT molecular complexity index is 1600. The molecular weight excluding hydrogens is 478 g/mol. The molecule has 1 aliphatic rings. The van der Waals surface area contributed by atoms with Crippen molar-refractivity contribution in [3.63, 3.8) is 0 Å². The summed E-state index contributed by atoms with van der Waals surface area (Å²) in [5, 5.41) is 9.37. The summed E-state index contributed by atoms with van der Waals surface area (Å²) in [5.41, 5.74) is 4.76. The number of aromatic nitrogens is 2. The number of nitrogens with one attached hydrogen (secondary N) is 2. The average molecular weight is 504 g/mol. The van der Waals surface area contributed by atoms with Crippen LogP contribution in [-0.4, -0.2) is 20.6 Å². The maximum Gasteiger partial charge on any atom is 0.221 e. The van der Waals surface area contributed by atoms with E-state index in [2.05, 4.69) is 85.9 Å². The van der Waals surface area contributed by atoms with E-state index in [0.717, 1.165) is 28.5 Å². The second-order valence-corrected chi connectivity index (χ2v) is 9.45. The molecule has 6 nitrogen and oxygen atoms in total. The Hall–Kier alpha value is -4.49. The molecule has 3 aromatic carbocycles. The molecule has 2 atom stereocenters. The highest BCUT2D eigenvalue weighted by Crippen LogP contribution is 2.42. The Balaban J connectivity index is 1.47. The van der Waals surface area contributed by atoms with Gasteiger partial charge >= 0.3 is 0 Å². The lowest BCUT2D eigenvalue weighted by Crippen LogP contribution is -2.30. The van der Waals surface area contributed by atoms with Crippen molar-refractivity contribution in [2.24, 2.45) is 0 Å². The zero-order valence-corrected chi connectivity index (χ0v) is 21.0. The van der Waals surface area contributed by atoms with E-state index in [1.54, 1.807) is 0 Å². The molecule has 5 aromatic rings. The lowest BCUT2D eigenvalue weighted by molar-refractivity contribution is -0.114. The number of hydrogen-bond acceptors (Lipinski definition) is 3. The summed E-state index contributed by atoms with van der Waals surface area (Å²) in [6.07, 6.45) is 3.90. The van der Waals surface area contributed by atoms with Crippen LogP contribution in [0.5, 0.6) is 0 Å². The number of carbonyl (C=O) groups excluding carboxylic acids is 1. The fourth-order valence-corrected chi connectivity index (χ4v) is 5.38. The number of nitrogens with zero attached hydrogens (tertiary/aromatic N) is 3. The molecule has 7 heteroatoms. The molecule has 6 rings (SSSR count). The molecule has 1 saturated heterocycles. The summed E-state index contributed by atoms with van der Waals surface area (Å²) in [6, 6.07) is 32.5. The zero-order valence-electron chi connectivity index (χ0n) is 20.2. The number of benzene rings is 3. The van der Waals surface area contributed by atoms with E-state index in [-0.39, 0.29) is 18.0 Å². The van der Waals surface area contributed by atoms with Crippen LogP contribution in [0.15, 0.2) is 109 Å². The van der Waals surface area contributed by atoms with Gasteiger partial charge in [-0.05, 0) is 83.7 Å². The fourth-order valence-electron chi connectivity index (χ4n) is 5.04. The molecule has 1 amide bonds. The van der Waals surface area contributed by atoms with Crippen molar-refractivity contribution in [3.05, 3.63) is 121 Å². The van der Waals surface area contributed by atoms with Gasteiger partial charge in [-0.2, -0.15) is 0 Å². The third kappa shape index (κ3) is 4.34. The number of fused-ring (bicyclic) bond motifs is 1. The zero-order chi connectivity index (χ0) is 25.4. The Morgan fingerprint density at radius 2 is 1.65 bits per heavy atom. The maximum atomic E-state index is 11.5. The Morgan fingerprint density at radius 1 is 0.892 bits per heavy atom. The first kappa shape index (κ1) is 22.9. The molecule has 0 aliphatic carbocycles. The van der Waals surface area contributed by atoms with E-state index in [1.807, 2.05) is 48.7 Å². The van der Waals surface area contributed by atoms with Gasteiger partial charge in [0.15, 0.2) is 5.11 Å². The molecule has 2 aromatic heterocycles. The summed E-state index contributed by atoms with van der Waals surface area (Å²) in [6.45, 7) is 1.50. The maximum absolute atomic E-state index is 11.5. The number of carbonyl (C=O) groups is 1. The lowest BCUT2D eigenvalue weighted by atomic mass is 10.0. The van der Waals surface area contributed by atoms with E-state index in [1.165, 1.54) is 17.7 Å². The molecule has 37 heavy (non-hydrogen) atoms. The number of thiocarbonyl (C=S) groups is 1. The first-order chi connectivity index (χ1) is 18.1. The molecule has 182 valence electrons. The second kappa shape index (κ2) is 9.52. The van der Waals surface area contributed by atoms with E-state index >= 15 is 0 Å². The van der Waals surface area contributed by atoms with Gasteiger partial charge in [0.2, 0.25) is 5.91 Å². The van der Waals surface area contributed by atoms with E-state index in [0.29, 0.717) is 5.11 Å². The average Bonchev–Trinajstić information content (AvgIpc) is 3.53. The minimum atomic E-state index is -0.157. The first-order valence-corrected chi connectivity index (χ1v) is 12.5. The van der Waals surface area contributed by atoms with Crippen LogP contribution in [0.25, 0.3) is 16.5 Å². The summed E-state index contributed by atoms with van der Waals surface area (Å²) in [4.78, 5) is 18.3. The predicted molar refractivity (Wildman–Crippen MR) is 152 cm³/mol. The molecule has 0 spiro atoms. The molecule has 0 radical (unpaired) electrons. The summed E-state index contributed by atoms with van der Waals surface area (Å²) in [5.74, 6) is -0.104. The van der Waals surface area contributed by atoms with Crippen LogP contribution < -0.4 is 15.5 Å². The number of hydrogen-bond donors (Lipinski definition) is 2. The van der Waals surface area contributed by atoms with Crippen molar-refractivity contribution in [2.75, 3.05) is 10.2 Å². The SMILES string of the molecule is CC(=O)Nc1ccc(N2C(=S)N[C@H](c3ccccn3)[C@@H]2c2cccn2-c2ccc3ccccc3c2)cc1. The Kier molecular flexibility index (Phi) is 5.90. The number of pyridine rings is 1. The Labute approximate surface area is 220 Å². The number of rotatable bonds is 5. The van der Waals surface area contributed by atoms with Crippen LogP contribution in [0.3, 0.4) is 0 Å². The van der Waals surface area contributed by atoms with Gasteiger partial charge in [0, 0.05) is 42.1 Å². The largest absolute Gasteiger partial charge is 0.351 e. The van der Waals surface area contributed by atoms with Crippen LogP contribution >= 0.6 is 12.2 Å². The summed E-state index contributed by atoms with van der Waals surface area (Å²) >= 11 is 5.88. The monoisotopic (exact) mass is 503 g/mol. The fraction of sp³-hybridized carbons (Fsp3) is 0.100. The highest BCUT2D eigenvalue weighted by Gasteiger charge is 2.42. The quantitative estimate of drug-likeness (QED) is 0.281. The molecule has 1 fully saturated rings. The van der Waals surface area contributed by atoms with Crippen molar-refractivity contribution >= 4 is 45.4 Å². The topological polar surface area (TPSA) is 62.2 Å². The smallest absolute Gasteiger partial charge is 0.221 e. The van der Waals surface area contributed by atoms with Crippen molar-refractivity contribution in [2.45, 2.75) is 19.0 Å². The van der Waals surface area contributed by atoms with Gasteiger partial charge in [0.1, 0.15) is 6.04 Å². The van der Waals surface area contributed by atoms with Crippen molar-refractivity contribution in [1.29, 1.82) is 0 Å². The molecule has 1 aliphatic heterocycles. The van der Waals surface area contributed by atoms with Crippen LogP contribution in [0, 0.1) is 0 Å². The molecule has 0 bridgehead atoms. The van der Waals surface area contributed by atoms with Crippen LogP contribution in [0.1, 0.15) is 30.4 Å². The molecule has 0 unspecified atom stereocenters. The normalized spacial score (nSPS) is 17.1. The predicted octanol–water partition coefficient (Wildman–Crippen LogP) is 6.16. The summed E-state index contributed by atoms with van der Waals surface area (Å²) < 4.78 is 2.22. The number of amides is 1. The lowest BCUT2D eigenvalue weighted by Gasteiger charge is -2.29. The highest BCUT2D eigenvalue weighted by atomic mass is 32.1. The van der Waals surface area contributed by atoms with Gasteiger partial charge in [-0.15, -0.1) is 0 Å². The molecule has 0 saturated carbocycles. The van der Waals surface area contributed by atoms with Crippen LogP contribution in [-0.2, 0) is 4.79 Å². The van der Waals surface area contributed by atoms with Crippen LogP contribution in [0.4, 0.5) is 11.4 Å². The standard InChI is InChI=1S/C30H25N5OS/c1-20(36)32-23-12-15-24(16-13-23)35-29(28(33-30(35)37)26-9-4-5-17-31-26)27-10-6-18-34(27)25-14-11-21-7-2-3-8-22(21)19-25/h2-19,28-29H,1H3,(H,32,36)(H,33,37)/t28-,29+/m1/s1. The van der Waals surface area contributed by atoms with E-state index in [4.69, 9.17) is 12.2 Å². The molecular formula is C30H25N5OS. The molecule has 3 heterocycles. The number of anilines is 2.